The Kier molecular flexibility index (Phi) is 10.3. The Balaban J connectivity index is 0.000000618. The maximum absolute atomic E-state index is 14.7. The van der Waals surface area contributed by atoms with Gasteiger partial charge in [-0.25, -0.2) is 8.78 Å². The number of carbonyl (C=O) groups excluding carboxylic acids is 1. The third-order valence-electron chi connectivity index (χ3n) is 5.14. The topological polar surface area (TPSA) is 48.0 Å². The van der Waals surface area contributed by atoms with Gasteiger partial charge in [-0.2, -0.15) is 0 Å². The average Bonchev–Trinajstić information content (AvgIpc) is 3.23. The lowest BCUT2D eigenvalue weighted by molar-refractivity contribution is -0.0832. The number of amides is 1. The van der Waals surface area contributed by atoms with Gasteiger partial charge in [-0.15, -0.1) is 6.58 Å². The quantitative estimate of drug-likeness (QED) is 0.493. The van der Waals surface area contributed by atoms with E-state index in [4.69, 9.17) is 14.2 Å². The molecule has 1 atom stereocenters. The SMILES string of the molecule is C/C=C\C.C=CCC1(c2ccc(F)cc2)Oc2cc(F)c(C(=O)N3CCOCC3)cc2O1.CC. The molecule has 5 nitrogen and oxygen atoms in total. The van der Waals surface area contributed by atoms with Crippen molar-refractivity contribution >= 4 is 5.91 Å². The van der Waals surface area contributed by atoms with Gasteiger partial charge in [0.1, 0.15) is 11.6 Å². The molecule has 34 heavy (non-hydrogen) atoms. The molecule has 184 valence electrons. The highest BCUT2D eigenvalue weighted by Crippen LogP contribution is 2.47. The first-order valence-corrected chi connectivity index (χ1v) is 11.5. The Morgan fingerprint density at radius 1 is 1.03 bits per heavy atom. The molecule has 0 bridgehead atoms. The molecule has 1 unspecified atom stereocenters. The molecule has 1 fully saturated rings. The second-order valence-corrected chi connectivity index (χ2v) is 7.31. The summed E-state index contributed by atoms with van der Waals surface area (Å²) in [6.07, 6.45) is 5.85. The van der Waals surface area contributed by atoms with Crippen molar-refractivity contribution in [1.29, 1.82) is 0 Å². The molecular weight excluding hydrogens is 440 g/mol. The Morgan fingerprint density at radius 3 is 2.12 bits per heavy atom. The van der Waals surface area contributed by atoms with Crippen molar-refractivity contribution in [1.82, 2.24) is 4.90 Å². The lowest BCUT2D eigenvalue weighted by Crippen LogP contribution is -2.41. The molecule has 0 aliphatic carbocycles. The van der Waals surface area contributed by atoms with Crippen LogP contribution in [0.5, 0.6) is 11.5 Å². The molecule has 7 heteroatoms. The summed E-state index contributed by atoms with van der Waals surface area (Å²) in [7, 11) is 0. The van der Waals surface area contributed by atoms with Crippen LogP contribution in [-0.4, -0.2) is 37.1 Å². The van der Waals surface area contributed by atoms with Crippen LogP contribution < -0.4 is 9.47 Å². The Hall–Kier alpha value is -3.19. The maximum Gasteiger partial charge on any atom is 0.281 e. The number of nitrogens with zero attached hydrogens (tertiary/aromatic N) is 1. The van der Waals surface area contributed by atoms with Gasteiger partial charge in [0.2, 0.25) is 0 Å². The third kappa shape index (κ3) is 6.23. The Bertz CT molecular complexity index is 981. The number of hydrogen-bond acceptors (Lipinski definition) is 4. The molecule has 1 amide bonds. The van der Waals surface area contributed by atoms with E-state index in [0.29, 0.717) is 31.9 Å². The summed E-state index contributed by atoms with van der Waals surface area (Å²) < 4.78 is 45.1. The van der Waals surface area contributed by atoms with Crippen LogP contribution in [0.2, 0.25) is 0 Å². The lowest BCUT2D eigenvalue weighted by Gasteiger charge is -2.27. The number of hydrogen-bond donors (Lipinski definition) is 0. The molecule has 2 aliphatic heterocycles. The molecule has 2 aromatic rings. The Labute approximate surface area is 200 Å². The van der Waals surface area contributed by atoms with Crippen molar-refractivity contribution < 1.29 is 27.8 Å². The molecule has 0 aromatic heterocycles. The van der Waals surface area contributed by atoms with Gasteiger partial charge in [-0.3, -0.25) is 4.79 Å². The number of ether oxygens (including phenoxy) is 3. The van der Waals surface area contributed by atoms with Crippen LogP contribution in [0.25, 0.3) is 0 Å². The summed E-state index contributed by atoms with van der Waals surface area (Å²) in [6.45, 7) is 13.4. The maximum atomic E-state index is 14.7. The zero-order valence-corrected chi connectivity index (χ0v) is 20.3. The first-order valence-electron chi connectivity index (χ1n) is 11.5. The summed E-state index contributed by atoms with van der Waals surface area (Å²) in [6, 6.07) is 8.18. The van der Waals surface area contributed by atoms with E-state index in [1.807, 2.05) is 39.8 Å². The molecule has 2 aliphatic rings. The van der Waals surface area contributed by atoms with Gasteiger partial charge in [0, 0.05) is 31.1 Å². The van der Waals surface area contributed by atoms with Crippen LogP contribution >= 0.6 is 0 Å². The van der Waals surface area contributed by atoms with Crippen molar-refractivity contribution in [3.8, 4) is 11.5 Å². The standard InChI is InChI=1S/C21H19F2NO4.C4H8.C2H6/c1-2-7-21(14-3-5-15(22)6-4-14)27-18-12-16(17(23)13-19(18)28-21)20(25)24-8-10-26-11-9-24;1-3-4-2;1-2/h2-6,12-13H,1,7-11H2;3-4H,1-2H3;1-2H3/b;4-3-;. The fourth-order valence-electron chi connectivity index (χ4n) is 3.38. The summed E-state index contributed by atoms with van der Waals surface area (Å²) in [4.78, 5) is 14.2. The smallest absolute Gasteiger partial charge is 0.281 e. The lowest BCUT2D eigenvalue weighted by atomic mass is 10.0. The first kappa shape index (κ1) is 27.1. The van der Waals surface area contributed by atoms with E-state index >= 15 is 0 Å². The van der Waals surface area contributed by atoms with Gasteiger partial charge in [-0.05, 0) is 44.2 Å². The van der Waals surface area contributed by atoms with Gasteiger partial charge in [0.15, 0.2) is 11.5 Å². The van der Waals surface area contributed by atoms with E-state index in [9.17, 15) is 13.6 Å². The fraction of sp³-hybridized carbons (Fsp3) is 0.370. The number of morpholine rings is 1. The number of benzene rings is 2. The molecule has 1 saturated heterocycles. The third-order valence-corrected chi connectivity index (χ3v) is 5.14. The van der Waals surface area contributed by atoms with E-state index in [-0.39, 0.29) is 23.5 Å². The predicted molar refractivity (Wildman–Crippen MR) is 129 cm³/mol. The minimum absolute atomic E-state index is 0.0854. The van der Waals surface area contributed by atoms with Gasteiger partial charge < -0.3 is 19.1 Å². The second kappa shape index (κ2) is 12.9. The molecule has 2 aromatic carbocycles. The van der Waals surface area contributed by atoms with Gasteiger partial charge in [0.25, 0.3) is 11.7 Å². The van der Waals surface area contributed by atoms with E-state index in [2.05, 4.69) is 6.58 Å². The summed E-state index contributed by atoms with van der Waals surface area (Å²) in [5.74, 6) is -2.35. The normalized spacial score (nSPS) is 18.5. The number of allylic oxidation sites excluding steroid dienone is 2. The van der Waals surface area contributed by atoms with E-state index in [1.165, 1.54) is 18.2 Å². The van der Waals surface area contributed by atoms with Crippen LogP contribution in [0.15, 0.2) is 61.2 Å². The van der Waals surface area contributed by atoms with E-state index in [0.717, 1.165) is 6.07 Å². The van der Waals surface area contributed by atoms with Gasteiger partial charge in [0.05, 0.1) is 18.8 Å². The zero-order valence-electron chi connectivity index (χ0n) is 20.3. The number of fused-ring (bicyclic) bond motifs is 1. The number of carbonyl (C=O) groups is 1. The van der Waals surface area contributed by atoms with Crippen LogP contribution in [-0.2, 0) is 10.5 Å². The van der Waals surface area contributed by atoms with Crippen LogP contribution in [0.1, 0.15) is 50.0 Å². The molecule has 0 saturated carbocycles. The monoisotopic (exact) mass is 473 g/mol. The zero-order chi connectivity index (χ0) is 25.1. The van der Waals surface area contributed by atoms with Crippen molar-refractivity contribution in [2.24, 2.45) is 0 Å². The minimum atomic E-state index is -1.29. The second-order valence-electron chi connectivity index (χ2n) is 7.31. The molecule has 0 spiro atoms. The number of rotatable bonds is 4. The van der Waals surface area contributed by atoms with Gasteiger partial charge >= 0.3 is 0 Å². The van der Waals surface area contributed by atoms with Crippen LogP contribution in [0, 0.1) is 11.6 Å². The fourth-order valence-corrected chi connectivity index (χ4v) is 3.38. The van der Waals surface area contributed by atoms with Crippen LogP contribution in [0.4, 0.5) is 8.78 Å². The minimum Gasteiger partial charge on any atom is -0.444 e. The predicted octanol–water partition coefficient (Wildman–Crippen LogP) is 6.25. The highest BCUT2D eigenvalue weighted by atomic mass is 19.1. The van der Waals surface area contributed by atoms with Crippen LogP contribution in [0.3, 0.4) is 0 Å². The first-order chi connectivity index (χ1) is 16.4. The molecule has 2 heterocycles. The summed E-state index contributed by atoms with van der Waals surface area (Å²) in [5.41, 5.74) is 0.476. The van der Waals surface area contributed by atoms with Crippen molar-refractivity contribution in [2.45, 2.75) is 39.9 Å². The molecule has 0 N–H and O–H groups in total. The molecule has 4 rings (SSSR count). The molecular formula is C27H33F2NO4. The van der Waals surface area contributed by atoms with Crippen molar-refractivity contribution in [2.75, 3.05) is 26.3 Å². The summed E-state index contributed by atoms with van der Waals surface area (Å²) in [5, 5.41) is 0. The van der Waals surface area contributed by atoms with E-state index in [1.54, 1.807) is 23.1 Å². The van der Waals surface area contributed by atoms with E-state index < -0.39 is 23.3 Å². The van der Waals surface area contributed by atoms with Crippen molar-refractivity contribution in [3.05, 3.63) is 84.0 Å². The van der Waals surface area contributed by atoms with Gasteiger partial charge in [-0.1, -0.05) is 32.1 Å². The van der Waals surface area contributed by atoms with Crippen molar-refractivity contribution in [3.63, 3.8) is 0 Å². The molecule has 0 radical (unpaired) electrons. The highest BCUT2D eigenvalue weighted by Gasteiger charge is 2.43. The summed E-state index contributed by atoms with van der Waals surface area (Å²) >= 11 is 0. The average molecular weight is 474 g/mol. The highest BCUT2D eigenvalue weighted by molar-refractivity contribution is 5.95. The largest absolute Gasteiger partial charge is 0.444 e. The number of halogens is 2. The Morgan fingerprint density at radius 2 is 1.59 bits per heavy atom.